The number of aryl methyl sites for hydroxylation is 2. The number of hydrogen-bond acceptors (Lipinski definition) is 4. The third-order valence-corrected chi connectivity index (χ3v) is 7.00. The summed E-state index contributed by atoms with van der Waals surface area (Å²) < 4.78 is 45.7. The van der Waals surface area contributed by atoms with E-state index in [0.29, 0.717) is 5.75 Å². The number of benzene rings is 2. The first-order chi connectivity index (χ1) is 13.7. The van der Waals surface area contributed by atoms with Crippen LogP contribution in [-0.2, 0) is 14.8 Å². The fraction of sp³-hybridized carbons (Fsp3) is 0.350. The minimum atomic E-state index is -3.80. The zero-order valence-corrected chi connectivity index (χ0v) is 17.8. The first-order valence-electron chi connectivity index (χ1n) is 9.11. The van der Waals surface area contributed by atoms with Crippen LogP contribution in [0.15, 0.2) is 41.3 Å². The minimum Gasteiger partial charge on any atom is -0.483 e. The maximum absolute atomic E-state index is 13.3. The van der Waals surface area contributed by atoms with E-state index >= 15 is 0 Å². The van der Waals surface area contributed by atoms with Crippen LogP contribution >= 0.6 is 11.6 Å². The van der Waals surface area contributed by atoms with E-state index in [2.05, 4.69) is 0 Å². The number of carbonyl (C=O) groups excluding carboxylic acids is 1. The van der Waals surface area contributed by atoms with Crippen molar-refractivity contribution in [2.45, 2.75) is 18.7 Å². The fourth-order valence-corrected chi connectivity index (χ4v) is 4.75. The molecule has 6 nitrogen and oxygen atoms in total. The third-order valence-electron chi connectivity index (χ3n) is 4.81. The van der Waals surface area contributed by atoms with E-state index in [0.717, 1.165) is 23.3 Å². The number of ether oxygens (including phenoxy) is 1. The number of carbonyl (C=O) groups is 1. The molecule has 0 unspecified atom stereocenters. The Kier molecular flexibility index (Phi) is 6.45. The third kappa shape index (κ3) is 4.88. The summed E-state index contributed by atoms with van der Waals surface area (Å²) in [5.74, 6) is -0.217. The van der Waals surface area contributed by atoms with Gasteiger partial charge in [-0.05, 0) is 49.2 Å². The van der Waals surface area contributed by atoms with Gasteiger partial charge in [0.25, 0.3) is 5.91 Å². The van der Waals surface area contributed by atoms with Crippen molar-refractivity contribution in [1.29, 1.82) is 0 Å². The summed E-state index contributed by atoms with van der Waals surface area (Å²) in [4.78, 5) is 14.0. The first-order valence-corrected chi connectivity index (χ1v) is 10.9. The SMILES string of the molecule is Cc1ccc(C)c(OCC(=O)N2CCN(S(=O)(=O)c3ccc(F)c(Cl)c3)CC2)c1. The molecule has 9 heteroatoms. The highest BCUT2D eigenvalue weighted by Crippen LogP contribution is 2.23. The maximum atomic E-state index is 13.3. The van der Waals surface area contributed by atoms with Gasteiger partial charge in [0.1, 0.15) is 11.6 Å². The van der Waals surface area contributed by atoms with Gasteiger partial charge in [-0.15, -0.1) is 0 Å². The smallest absolute Gasteiger partial charge is 0.260 e. The Morgan fingerprint density at radius 2 is 1.79 bits per heavy atom. The molecule has 3 rings (SSSR count). The lowest BCUT2D eigenvalue weighted by molar-refractivity contribution is -0.134. The van der Waals surface area contributed by atoms with Crippen molar-refractivity contribution in [2.24, 2.45) is 0 Å². The Hall–Kier alpha value is -2.16. The molecule has 2 aromatic rings. The molecule has 1 amide bonds. The van der Waals surface area contributed by atoms with E-state index in [-0.39, 0.29) is 48.6 Å². The van der Waals surface area contributed by atoms with E-state index in [4.69, 9.17) is 16.3 Å². The quantitative estimate of drug-likeness (QED) is 0.716. The van der Waals surface area contributed by atoms with Crippen LogP contribution in [0.1, 0.15) is 11.1 Å². The van der Waals surface area contributed by atoms with Gasteiger partial charge in [0, 0.05) is 26.2 Å². The predicted molar refractivity (Wildman–Crippen MR) is 108 cm³/mol. The summed E-state index contributed by atoms with van der Waals surface area (Å²) in [6.45, 7) is 4.54. The highest BCUT2D eigenvalue weighted by Gasteiger charge is 2.30. The first kappa shape index (κ1) is 21.5. The van der Waals surface area contributed by atoms with Crippen LogP contribution in [0.4, 0.5) is 4.39 Å². The molecule has 1 saturated heterocycles. The molecule has 29 heavy (non-hydrogen) atoms. The van der Waals surface area contributed by atoms with E-state index in [1.54, 1.807) is 4.90 Å². The van der Waals surface area contributed by atoms with Gasteiger partial charge in [0.2, 0.25) is 10.0 Å². The van der Waals surface area contributed by atoms with Gasteiger partial charge in [0.05, 0.1) is 9.92 Å². The minimum absolute atomic E-state index is 0.0677. The van der Waals surface area contributed by atoms with Gasteiger partial charge in [0.15, 0.2) is 6.61 Å². The average molecular weight is 441 g/mol. The molecule has 1 aliphatic rings. The van der Waals surface area contributed by atoms with E-state index in [9.17, 15) is 17.6 Å². The molecule has 0 aromatic heterocycles. The molecular weight excluding hydrogens is 419 g/mol. The lowest BCUT2D eigenvalue weighted by Crippen LogP contribution is -2.51. The molecule has 0 atom stereocenters. The zero-order valence-electron chi connectivity index (χ0n) is 16.2. The molecule has 0 spiro atoms. The lowest BCUT2D eigenvalue weighted by Gasteiger charge is -2.34. The number of sulfonamides is 1. The average Bonchev–Trinajstić information content (AvgIpc) is 2.70. The van der Waals surface area contributed by atoms with Crippen molar-refractivity contribution in [1.82, 2.24) is 9.21 Å². The standard InChI is InChI=1S/C20H22ClFN2O4S/c1-14-3-4-15(2)19(11-14)28-13-20(25)23-7-9-24(10-8-23)29(26,27)16-5-6-18(22)17(21)12-16/h3-6,11-12H,7-10,13H2,1-2H3. The van der Waals surface area contributed by atoms with Gasteiger partial charge in [-0.2, -0.15) is 4.31 Å². The van der Waals surface area contributed by atoms with Crippen LogP contribution in [0.5, 0.6) is 5.75 Å². The van der Waals surface area contributed by atoms with Crippen molar-refractivity contribution in [3.8, 4) is 5.75 Å². The van der Waals surface area contributed by atoms with Crippen LogP contribution in [0, 0.1) is 19.7 Å². The van der Waals surface area contributed by atoms with Crippen molar-refractivity contribution in [3.05, 3.63) is 58.4 Å². The highest BCUT2D eigenvalue weighted by molar-refractivity contribution is 7.89. The molecular formula is C20H22ClFN2O4S. The second-order valence-electron chi connectivity index (χ2n) is 6.92. The number of nitrogens with zero attached hydrogens (tertiary/aromatic N) is 2. The normalized spacial score (nSPS) is 15.4. The molecule has 1 aliphatic heterocycles. The summed E-state index contributed by atoms with van der Waals surface area (Å²) in [6, 6.07) is 9.09. The molecule has 1 heterocycles. The molecule has 0 saturated carbocycles. The molecule has 0 N–H and O–H groups in total. The Morgan fingerprint density at radius 3 is 2.45 bits per heavy atom. The van der Waals surface area contributed by atoms with Crippen LogP contribution in [0.25, 0.3) is 0 Å². The largest absolute Gasteiger partial charge is 0.483 e. The number of rotatable bonds is 5. The molecule has 156 valence electrons. The van der Waals surface area contributed by atoms with E-state index in [1.165, 1.54) is 10.4 Å². The number of hydrogen-bond donors (Lipinski definition) is 0. The molecule has 1 fully saturated rings. The van der Waals surface area contributed by atoms with Crippen molar-refractivity contribution < 1.29 is 22.3 Å². The topological polar surface area (TPSA) is 66.9 Å². The highest BCUT2D eigenvalue weighted by atomic mass is 35.5. The summed E-state index contributed by atoms with van der Waals surface area (Å²) in [7, 11) is -3.80. The van der Waals surface area contributed by atoms with E-state index < -0.39 is 15.8 Å². The van der Waals surface area contributed by atoms with Gasteiger partial charge in [-0.1, -0.05) is 23.7 Å². The molecule has 0 bridgehead atoms. The summed E-state index contributed by atoms with van der Waals surface area (Å²) in [5.41, 5.74) is 1.98. The molecule has 0 aliphatic carbocycles. The Bertz CT molecular complexity index is 1020. The van der Waals surface area contributed by atoms with E-state index in [1.807, 2.05) is 32.0 Å². The summed E-state index contributed by atoms with van der Waals surface area (Å²) in [6.07, 6.45) is 0. The van der Waals surface area contributed by atoms with Crippen molar-refractivity contribution in [3.63, 3.8) is 0 Å². The molecule has 0 radical (unpaired) electrons. The second-order valence-corrected chi connectivity index (χ2v) is 9.26. The van der Waals surface area contributed by atoms with Crippen molar-refractivity contribution in [2.75, 3.05) is 32.8 Å². The molecule has 2 aromatic carbocycles. The van der Waals surface area contributed by atoms with Gasteiger partial charge >= 0.3 is 0 Å². The van der Waals surface area contributed by atoms with Crippen molar-refractivity contribution >= 4 is 27.5 Å². The fourth-order valence-electron chi connectivity index (χ4n) is 3.06. The Balaban J connectivity index is 1.58. The predicted octanol–water partition coefficient (Wildman–Crippen LogP) is 3.01. The number of amides is 1. The van der Waals surface area contributed by atoms with Gasteiger partial charge < -0.3 is 9.64 Å². The van der Waals surface area contributed by atoms with Crippen LogP contribution in [-0.4, -0.2) is 56.3 Å². The maximum Gasteiger partial charge on any atom is 0.260 e. The van der Waals surface area contributed by atoms with Crippen LogP contribution in [0.3, 0.4) is 0 Å². The lowest BCUT2D eigenvalue weighted by atomic mass is 10.1. The number of piperazine rings is 1. The zero-order chi connectivity index (χ0) is 21.2. The van der Waals surface area contributed by atoms with Crippen LogP contribution < -0.4 is 4.74 Å². The summed E-state index contributed by atoms with van der Waals surface area (Å²) >= 11 is 5.70. The summed E-state index contributed by atoms with van der Waals surface area (Å²) in [5, 5.41) is -0.247. The van der Waals surface area contributed by atoms with Gasteiger partial charge in [-0.25, -0.2) is 12.8 Å². The second kappa shape index (κ2) is 8.69. The van der Waals surface area contributed by atoms with Gasteiger partial charge in [-0.3, -0.25) is 4.79 Å². The Morgan fingerprint density at radius 1 is 1.10 bits per heavy atom. The number of halogens is 2. The Labute approximate surface area is 174 Å². The van der Waals surface area contributed by atoms with Crippen LogP contribution in [0.2, 0.25) is 5.02 Å². The monoisotopic (exact) mass is 440 g/mol.